The van der Waals surface area contributed by atoms with Crippen LogP contribution >= 0.6 is 0 Å². The fraction of sp³-hybridized carbons (Fsp3) is 0.333. The molecule has 0 spiro atoms. The van der Waals surface area contributed by atoms with Crippen LogP contribution in [-0.2, 0) is 0 Å². The molecule has 1 aromatic rings. The summed E-state index contributed by atoms with van der Waals surface area (Å²) in [6.45, 7) is 2.72. The predicted octanol–water partition coefficient (Wildman–Crippen LogP) is 2.34. The van der Waals surface area contributed by atoms with Crippen molar-refractivity contribution >= 4 is 11.8 Å². The van der Waals surface area contributed by atoms with Gasteiger partial charge in [0, 0.05) is 11.3 Å². The van der Waals surface area contributed by atoms with Crippen molar-refractivity contribution in [3.8, 4) is 0 Å². The monoisotopic (exact) mass is 208 g/mol. The van der Waals surface area contributed by atoms with E-state index in [0.717, 1.165) is 24.1 Å². The third kappa shape index (κ3) is 3.36. The van der Waals surface area contributed by atoms with E-state index in [1.54, 1.807) is 0 Å². The quantitative estimate of drug-likeness (QED) is 0.588. The Bertz CT molecular complexity index is 359. The van der Waals surface area contributed by atoms with E-state index in [1.165, 1.54) is 12.1 Å². The van der Waals surface area contributed by atoms with Crippen molar-refractivity contribution < 1.29 is 4.39 Å². The summed E-state index contributed by atoms with van der Waals surface area (Å²) in [5.41, 5.74) is 8.02. The molecule has 3 N–H and O–H groups in total. The molecule has 0 heterocycles. The topological polar surface area (TPSA) is 38.0 Å². The maximum absolute atomic E-state index is 13.1. The van der Waals surface area contributed by atoms with Gasteiger partial charge in [-0.25, -0.2) is 4.39 Å². The predicted molar refractivity (Wildman–Crippen MR) is 63.1 cm³/mol. The number of rotatable bonds is 4. The second kappa shape index (κ2) is 5.51. The highest BCUT2D eigenvalue weighted by molar-refractivity contribution is 5.67. The summed E-state index contributed by atoms with van der Waals surface area (Å²) < 4.78 is 13.1. The van der Waals surface area contributed by atoms with Crippen LogP contribution in [0.15, 0.2) is 18.2 Å². The maximum Gasteiger partial charge on any atom is 0.124 e. The van der Waals surface area contributed by atoms with E-state index < -0.39 is 0 Å². The Morgan fingerprint density at radius 1 is 1.47 bits per heavy atom. The maximum atomic E-state index is 13.1. The SMILES string of the molecule is CNCCC=Cc1cc(F)cc(C)c1N. The number of anilines is 1. The third-order valence-electron chi connectivity index (χ3n) is 2.24. The Hall–Kier alpha value is -1.35. The van der Waals surface area contributed by atoms with E-state index in [2.05, 4.69) is 5.32 Å². The molecule has 0 bridgehead atoms. The first kappa shape index (κ1) is 11.7. The van der Waals surface area contributed by atoms with Gasteiger partial charge in [0.2, 0.25) is 0 Å². The molecule has 0 amide bonds. The molecule has 0 aliphatic carbocycles. The first-order chi connectivity index (χ1) is 7.15. The lowest BCUT2D eigenvalue weighted by molar-refractivity contribution is 0.626. The molecule has 15 heavy (non-hydrogen) atoms. The van der Waals surface area contributed by atoms with Gasteiger partial charge in [-0.15, -0.1) is 0 Å². The normalized spacial score (nSPS) is 11.1. The Labute approximate surface area is 90.0 Å². The minimum Gasteiger partial charge on any atom is -0.398 e. The summed E-state index contributed by atoms with van der Waals surface area (Å²) in [5, 5.41) is 3.03. The van der Waals surface area contributed by atoms with Crippen molar-refractivity contribution in [3.05, 3.63) is 35.2 Å². The number of nitrogens with one attached hydrogen (secondary N) is 1. The highest BCUT2D eigenvalue weighted by atomic mass is 19.1. The van der Waals surface area contributed by atoms with Crippen molar-refractivity contribution in [2.24, 2.45) is 0 Å². The summed E-state index contributed by atoms with van der Waals surface area (Å²) in [6, 6.07) is 2.90. The van der Waals surface area contributed by atoms with Gasteiger partial charge in [0.25, 0.3) is 0 Å². The fourth-order valence-corrected chi connectivity index (χ4v) is 1.36. The summed E-state index contributed by atoms with van der Waals surface area (Å²) >= 11 is 0. The van der Waals surface area contributed by atoms with E-state index in [9.17, 15) is 4.39 Å². The highest BCUT2D eigenvalue weighted by Crippen LogP contribution is 2.20. The zero-order chi connectivity index (χ0) is 11.3. The molecule has 0 aliphatic heterocycles. The van der Waals surface area contributed by atoms with Gasteiger partial charge >= 0.3 is 0 Å². The second-order valence-corrected chi connectivity index (χ2v) is 3.52. The molecule has 0 fully saturated rings. The summed E-state index contributed by atoms with van der Waals surface area (Å²) in [6.07, 6.45) is 4.76. The zero-order valence-electron chi connectivity index (χ0n) is 9.18. The number of aryl methyl sites for hydroxylation is 1. The first-order valence-electron chi connectivity index (χ1n) is 5.02. The van der Waals surface area contributed by atoms with Crippen molar-refractivity contribution in [2.45, 2.75) is 13.3 Å². The first-order valence-corrected chi connectivity index (χ1v) is 5.02. The minimum absolute atomic E-state index is 0.241. The molecule has 0 saturated carbocycles. The van der Waals surface area contributed by atoms with Crippen LogP contribution in [0.25, 0.3) is 6.08 Å². The number of halogens is 1. The number of nitrogens with two attached hydrogens (primary N) is 1. The second-order valence-electron chi connectivity index (χ2n) is 3.52. The van der Waals surface area contributed by atoms with E-state index in [4.69, 9.17) is 5.73 Å². The third-order valence-corrected chi connectivity index (χ3v) is 2.24. The van der Waals surface area contributed by atoms with Gasteiger partial charge in [-0.2, -0.15) is 0 Å². The highest BCUT2D eigenvalue weighted by Gasteiger charge is 2.01. The van der Waals surface area contributed by atoms with Gasteiger partial charge < -0.3 is 11.1 Å². The standard InChI is InChI=1S/C12H17FN2/c1-9-7-11(13)8-10(12(9)14)5-3-4-6-15-2/h3,5,7-8,15H,4,6,14H2,1-2H3. The lowest BCUT2D eigenvalue weighted by Gasteiger charge is -2.04. The zero-order valence-corrected chi connectivity index (χ0v) is 9.18. The van der Waals surface area contributed by atoms with Gasteiger partial charge in [0.1, 0.15) is 5.82 Å². The molecular formula is C12H17FN2. The van der Waals surface area contributed by atoms with Crippen molar-refractivity contribution in [1.82, 2.24) is 5.32 Å². The Morgan fingerprint density at radius 3 is 2.87 bits per heavy atom. The van der Waals surface area contributed by atoms with Crippen LogP contribution in [0, 0.1) is 12.7 Å². The van der Waals surface area contributed by atoms with Gasteiger partial charge in [-0.3, -0.25) is 0 Å². The van der Waals surface area contributed by atoms with E-state index in [1.807, 2.05) is 26.1 Å². The van der Waals surface area contributed by atoms with Crippen molar-refractivity contribution in [3.63, 3.8) is 0 Å². The largest absolute Gasteiger partial charge is 0.398 e. The summed E-state index contributed by atoms with van der Waals surface area (Å²) in [7, 11) is 1.90. The van der Waals surface area contributed by atoms with Crippen LogP contribution in [0.1, 0.15) is 17.5 Å². The molecule has 1 aromatic carbocycles. The number of nitrogen functional groups attached to an aromatic ring is 1. The molecule has 82 valence electrons. The van der Waals surface area contributed by atoms with E-state index in [-0.39, 0.29) is 5.82 Å². The summed E-state index contributed by atoms with van der Waals surface area (Å²) in [4.78, 5) is 0. The Balaban J connectivity index is 2.80. The van der Waals surface area contributed by atoms with Crippen LogP contribution in [0.3, 0.4) is 0 Å². The average molecular weight is 208 g/mol. The van der Waals surface area contributed by atoms with Crippen LogP contribution in [0.4, 0.5) is 10.1 Å². The smallest absolute Gasteiger partial charge is 0.124 e. The van der Waals surface area contributed by atoms with E-state index in [0.29, 0.717) is 5.69 Å². The van der Waals surface area contributed by atoms with Crippen LogP contribution in [-0.4, -0.2) is 13.6 Å². The van der Waals surface area contributed by atoms with Crippen LogP contribution in [0.5, 0.6) is 0 Å². The molecule has 1 rings (SSSR count). The van der Waals surface area contributed by atoms with Gasteiger partial charge in [-0.1, -0.05) is 12.2 Å². The van der Waals surface area contributed by atoms with E-state index >= 15 is 0 Å². The molecule has 0 radical (unpaired) electrons. The lowest BCUT2D eigenvalue weighted by Crippen LogP contribution is -2.05. The van der Waals surface area contributed by atoms with Gasteiger partial charge in [0.15, 0.2) is 0 Å². The molecule has 0 saturated heterocycles. The minimum atomic E-state index is -0.241. The van der Waals surface area contributed by atoms with Crippen LogP contribution < -0.4 is 11.1 Å². The molecule has 3 heteroatoms. The molecule has 0 aliphatic rings. The lowest BCUT2D eigenvalue weighted by atomic mass is 10.1. The molecule has 0 aromatic heterocycles. The van der Waals surface area contributed by atoms with Gasteiger partial charge in [-0.05, 0) is 44.6 Å². The van der Waals surface area contributed by atoms with Crippen molar-refractivity contribution in [1.29, 1.82) is 0 Å². The number of benzene rings is 1. The summed E-state index contributed by atoms with van der Waals surface area (Å²) in [5.74, 6) is -0.241. The molecular weight excluding hydrogens is 191 g/mol. The Kier molecular flexibility index (Phi) is 4.31. The molecule has 2 nitrogen and oxygen atoms in total. The Morgan fingerprint density at radius 2 is 2.20 bits per heavy atom. The average Bonchev–Trinajstić information content (AvgIpc) is 2.19. The number of hydrogen-bond acceptors (Lipinski definition) is 2. The fourth-order valence-electron chi connectivity index (χ4n) is 1.36. The molecule has 0 atom stereocenters. The molecule has 0 unspecified atom stereocenters. The van der Waals surface area contributed by atoms with Crippen molar-refractivity contribution in [2.75, 3.05) is 19.3 Å². The van der Waals surface area contributed by atoms with Gasteiger partial charge in [0.05, 0.1) is 0 Å². The number of hydrogen-bond donors (Lipinski definition) is 2. The van der Waals surface area contributed by atoms with Crippen LogP contribution in [0.2, 0.25) is 0 Å².